The first-order valence-electron chi connectivity index (χ1n) is 9.97. The Bertz CT molecular complexity index is 1130. The fourth-order valence-corrected chi connectivity index (χ4v) is 3.53. The van der Waals surface area contributed by atoms with Crippen molar-refractivity contribution in [3.8, 4) is 11.5 Å². The van der Waals surface area contributed by atoms with E-state index in [0.29, 0.717) is 27.8 Å². The topological polar surface area (TPSA) is 79.9 Å². The number of fused-ring (bicyclic) bond motifs is 1. The molecule has 0 aliphatic carbocycles. The van der Waals surface area contributed by atoms with Gasteiger partial charge in [0.1, 0.15) is 17.7 Å². The van der Waals surface area contributed by atoms with Crippen LogP contribution >= 0.6 is 11.6 Å². The van der Waals surface area contributed by atoms with E-state index in [9.17, 15) is 9.59 Å². The second-order valence-corrected chi connectivity index (χ2v) is 7.76. The molecule has 0 spiro atoms. The second kappa shape index (κ2) is 9.20. The maximum absolute atomic E-state index is 13.3. The van der Waals surface area contributed by atoms with Crippen molar-refractivity contribution in [2.24, 2.45) is 0 Å². The molecule has 8 heteroatoms. The molecule has 0 radical (unpaired) electrons. The number of anilines is 1. The molecular formula is C24H22ClN3O4. The Balaban J connectivity index is 1.57. The number of rotatable bonds is 6. The second-order valence-electron chi connectivity index (χ2n) is 7.32. The third kappa shape index (κ3) is 4.63. The molecule has 7 nitrogen and oxygen atoms in total. The molecule has 164 valence electrons. The summed E-state index contributed by atoms with van der Waals surface area (Å²) in [4.78, 5) is 25.9. The minimum absolute atomic E-state index is 0.245. The Labute approximate surface area is 190 Å². The fraction of sp³-hybridized carbons (Fsp3) is 0.167. The number of ether oxygens (including phenoxy) is 2. The minimum atomic E-state index is -0.634. The lowest BCUT2D eigenvalue weighted by molar-refractivity contribution is -0.127. The zero-order chi connectivity index (χ0) is 22.7. The van der Waals surface area contributed by atoms with Crippen LogP contribution in [-0.4, -0.2) is 30.5 Å². The predicted molar refractivity (Wildman–Crippen MR) is 122 cm³/mol. The number of carbonyl (C=O) groups excluding carboxylic acids is 2. The maximum atomic E-state index is 13.3. The van der Waals surface area contributed by atoms with Crippen LogP contribution in [0.15, 0.2) is 66.7 Å². The number of amides is 2. The highest BCUT2D eigenvalue weighted by molar-refractivity contribution is 6.31. The molecule has 2 amide bonds. The quantitative estimate of drug-likeness (QED) is 0.583. The highest BCUT2D eigenvalue weighted by atomic mass is 35.5. The summed E-state index contributed by atoms with van der Waals surface area (Å²) in [7, 11) is 1.58. The zero-order valence-electron chi connectivity index (χ0n) is 17.6. The molecule has 4 rings (SSSR count). The van der Waals surface area contributed by atoms with Gasteiger partial charge in [0.05, 0.1) is 12.7 Å². The predicted octanol–water partition coefficient (Wildman–Crippen LogP) is 4.33. The summed E-state index contributed by atoms with van der Waals surface area (Å²) in [6.45, 7) is 1.72. The zero-order valence-corrected chi connectivity index (χ0v) is 18.3. The first-order chi connectivity index (χ1) is 15.4. The number of hydrogen-bond acceptors (Lipinski definition) is 5. The van der Waals surface area contributed by atoms with Crippen molar-refractivity contribution in [1.82, 2.24) is 10.4 Å². The summed E-state index contributed by atoms with van der Waals surface area (Å²) in [5.41, 5.74) is 5.51. The maximum Gasteiger partial charge on any atom is 0.276 e. The Morgan fingerprint density at radius 2 is 1.75 bits per heavy atom. The summed E-state index contributed by atoms with van der Waals surface area (Å²) in [5, 5.41) is 4.97. The van der Waals surface area contributed by atoms with Gasteiger partial charge in [-0.05, 0) is 55.0 Å². The summed E-state index contributed by atoms with van der Waals surface area (Å²) >= 11 is 6.09. The van der Waals surface area contributed by atoms with Crippen LogP contribution < -0.4 is 20.2 Å². The molecule has 1 atom stereocenters. The van der Waals surface area contributed by atoms with E-state index in [1.54, 1.807) is 49.6 Å². The van der Waals surface area contributed by atoms with Gasteiger partial charge < -0.3 is 14.8 Å². The van der Waals surface area contributed by atoms with Gasteiger partial charge in [0, 0.05) is 10.7 Å². The standard InChI is InChI=1S/C24H22ClN3O4/c1-15-3-8-19(9-4-15)32-14-22(29)27-28-23(16-5-10-18(31-2)11-6-16)26-21-12-7-17(25)13-20(21)24(28)30/h3-13,23,26H,14H2,1-2H3,(H,27,29). The van der Waals surface area contributed by atoms with E-state index in [4.69, 9.17) is 21.1 Å². The van der Waals surface area contributed by atoms with Gasteiger partial charge in [0.2, 0.25) is 0 Å². The average Bonchev–Trinajstić information content (AvgIpc) is 2.81. The molecule has 0 aromatic heterocycles. The van der Waals surface area contributed by atoms with Crippen molar-refractivity contribution in [2.75, 3.05) is 19.0 Å². The van der Waals surface area contributed by atoms with Crippen LogP contribution in [0.3, 0.4) is 0 Å². The normalized spacial score (nSPS) is 14.9. The van der Waals surface area contributed by atoms with Gasteiger partial charge >= 0.3 is 0 Å². The molecule has 1 aliphatic heterocycles. The summed E-state index contributed by atoms with van der Waals surface area (Å²) in [6.07, 6.45) is -0.634. The summed E-state index contributed by atoms with van der Waals surface area (Å²) in [6, 6.07) is 19.6. The van der Waals surface area contributed by atoms with Gasteiger partial charge in [-0.3, -0.25) is 15.0 Å². The van der Waals surface area contributed by atoms with E-state index >= 15 is 0 Å². The third-order valence-electron chi connectivity index (χ3n) is 5.05. The van der Waals surface area contributed by atoms with Crippen LogP contribution in [0.5, 0.6) is 11.5 Å². The Morgan fingerprint density at radius 3 is 2.44 bits per heavy atom. The van der Waals surface area contributed by atoms with Crippen molar-refractivity contribution in [3.05, 3.63) is 88.4 Å². The Kier molecular flexibility index (Phi) is 6.18. The van der Waals surface area contributed by atoms with Gasteiger partial charge in [-0.15, -0.1) is 0 Å². The van der Waals surface area contributed by atoms with Gasteiger partial charge in [-0.2, -0.15) is 0 Å². The van der Waals surface area contributed by atoms with Crippen LogP contribution in [0.25, 0.3) is 0 Å². The lowest BCUT2D eigenvalue weighted by atomic mass is 10.0. The minimum Gasteiger partial charge on any atom is -0.497 e. The summed E-state index contributed by atoms with van der Waals surface area (Å²) in [5.74, 6) is 0.401. The van der Waals surface area contributed by atoms with Crippen molar-refractivity contribution in [3.63, 3.8) is 0 Å². The van der Waals surface area contributed by atoms with Crippen molar-refractivity contribution in [1.29, 1.82) is 0 Å². The SMILES string of the molecule is COc1ccc(C2Nc3ccc(Cl)cc3C(=O)N2NC(=O)COc2ccc(C)cc2)cc1. The smallest absolute Gasteiger partial charge is 0.276 e. The Morgan fingerprint density at radius 1 is 1.06 bits per heavy atom. The van der Waals surface area contributed by atoms with Gasteiger partial charge in [0.15, 0.2) is 6.61 Å². The van der Waals surface area contributed by atoms with E-state index in [2.05, 4.69) is 10.7 Å². The van der Waals surface area contributed by atoms with Gasteiger partial charge in [-0.1, -0.05) is 41.4 Å². The van der Waals surface area contributed by atoms with Gasteiger partial charge in [0.25, 0.3) is 11.8 Å². The lowest BCUT2D eigenvalue weighted by Crippen LogP contribution is -2.53. The molecule has 3 aromatic carbocycles. The molecule has 1 heterocycles. The molecule has 0 saturated carbocycles. The van der Waals surface area contributed by atoms with E-state index in [0.717, 1.165) is 11.1 Å². The number of methoxy groups -OCH3 is 1. The number of nitrogens with zero attached hydrogens (tertiary/aromatic N) is 1. The molecule has 0 bridgehead atoms. The largest absolute Gasteiger partial charge is 0.497 e. The van der Waals surface area contributed by atoms with E-state index in [1.807, 2.05) is 31.2 Å². The fourth-order valence-electron chi connectivity index (χ4n) is 3.36. The first-order valence-corrected chi connectivity index (χ1v) is 10.3. The molecule has 0 saturated heterocycles. The van der Waals surface area contributed by atoms with Crippen LogP contribution in [0.1, 0.15) is 27.7 Å². The number of carbonyl (C=O) groups is 2. The molecule has 2 N–H and O–H groups in total. The first kappa shape index (κ1) is 21.5. The van der Waals surface area contributed by atoms with Crippen LogP contribution in [0, 0.1) is 6.92 Å². The Hall–Kier alpha value is -3.71. The highest BCUT2D eigenvalue weighted by Crippen LogP contribution is 2.34. The number of nitrogens with one attached hydrogen (secondary N) is 2. The molecular weight excluding hydrogens is 430 g/mol. The summed E-state index contributed by atoms with van der Waals surface area (Å²) < 4.78 is 10.8. The van der Waals surface area contributed by atoms with E-state index in [1.165, 1.54) is 5.01 Å². The van der Waals surface area contributed by atoms with Gasteiger partial charge in [-0.25, -0.2) is 5.01 Å². The number of benzene rings is 3. The van der Waals surface area contributed by atoms with Crippen LogP contribution in [0.4, 0.5) is 5.69 Å². The van der Waals surface area contributed by atoms with E-state index in [-0.39, 0.29) is 12.5 Å². The van der Waals surface area contributed by atoms with E-state index < -0.39 is 12.1 Å². The van der Waals surface area contributed by atoms with Crippen molar-refractivity contribution < 1.29 is 19.1 Å². The number of halogens is 1. The lowest BCUT2D eigenvalue weighted by Gasteiger charge is -2.37. The number of hydrogen-bond donors (Lipinski definition) is 2. The van der Waals surface area contributed by atoms with Crippen molar-refractivity contribution in [2.45, 2.75) is 13.1 Å². The van der Waals surface area contributed by atoms with Crippen molar-refractivity contribution >= 4 is 29.1 Å². The average molecular weight is 452 g/mol. The third-order valence-corrected chi connectivity index (χ3v) is 5.28. The molecule has 32 heavy (non-hydrogen) atoms. The molecule has 1 unspecified atom stereocenters. The molecule has 0 fully saturated rings. The highest BCUT2D eigenvalue weighted by Gasteiger charge is 2.34. The number of hydrazine groups is 1. The van der Waals surface area contributed by atoms with Crippen LogP contribution in [0.2, 0.25) is 5.02 Å². The monoisotopic (exact) mass is 451 g/mol. The molecule has 1 aliphatic rings. The van der Waals surface area contributed by atoms with Crippen LogP contribution in [-0.2, 0) is 4.79 Å². The number of aryl methyl sites for hydroxylation is 1. The molecule has 3 aromatic rings.